The lowest BCUT2D eigenvalue weighted by Crippen LogP contribution is -2.30. The van der Waals surface area contributed by atoms with Crippen LogP contribution in [0.1, 0.15) is 56.1 Å². The average molecular weight is 318 g/mol. The number of nitrogens with one attached hydrogen (secondary N) is 1. The SMILES string of the molecule is CCS[C@@H]1CC[C@@H](N[C@@H](C)c2cnc3cc(C)nn3c2C)C1. The molecule has 4 nitrogen and oxygen atoms in total. The normalized spacial score (nSPS) is 23.3. The highest BCUT2D eigenvalue weighted by Crippen LogP contribution is 2.31. The number of aryl methyl sites for hydroxylation is 2. The van der Waals surface area contributed by atoms with E-state index in [1.165, 1.54) is 36.3 Å². The van der Waals surface area contributed by atoms with Gasteiger partial charge in [-0.05, 0) is 45.8 Å². The third-order valence-corrected chi connectivity index (χ3v) is 5.86. The van der Waals surface area contributed by atoms with Gasteiger partial charge in [-0.2, -0.15) is 16.9 Å². The van der Waals surface area contributed by atoms with Gasteiger partial charge in [0.2, 0.25) is 0 Å². The molecule has 2 aromatic heterocycles. The van der Waals surface area contributed by atoms with Gasteiger partial charge in [0.15, 0.2) is 5.65 Å². The number of fused-ring (bicyclic) bond motifs is 1. The van der Waals surface area contributed by atoms with E-state index in [0.717, 1.165) is 16.6 Å². The summed E-state index contributed by atoms with van der Waals surface area (Å²) in [6.45, 7) is 8.65. The van der Waals surface area contributed by atoms with Gasteiger partial charge < -0.3 is 5.32 Å². The Morgan fingerprint density at radius 2 is 2.23 bits per heavy atom. The molecule has 2 aromatic rings. The minimum absolute atomic E-state index is 0.316. The monoisotopic (exact) mass is 318 g/mol. The Balaban J connectivity index is 1.72. The molecule has 0 bridgehead atoms. The van der Waals surface area contributed by atoms with E-state index in [0.29, 0.717) is 12.1 Å². The first-order chi connectivity index (χ1) is 10.6. The predicted molar refractivity (Wildman–Crippen MR) is 93.6 cm³/mol. The number of thioether (sulfide) groups is 1. The van der Waals surface area contributed by atoms with Crippen molar-refractivity contribution in [2.75, 3.05) is 5.75 Å². The standard InChI is InChI=1S/C17H26N4S/c1-5-22-15-7-6-14(9-15)19-12(3)16-10-18-17-8-11(2)20-21(17)13(16)4/h8,10,12,14-15,19H,5-7,9H2,1-4H3/t12-,14+,15+/m0/s1. The van der Waals surface area contributed by atoms with E-state index in [2.05, 4.69) is 47.9 Å². The summed E-state index contributed by atoms with van der Waals surface area (Å²) in [4.78, 5) is 4.56. The molecule has 0 radical (unpaired) electrons. The second-order valence-corrected chi connectivity index (χ2v) is 7.91. The molecule has 1 saturated carbocycles. The van der Waals surface area contributed by atoms with Gasteiger partial charge in [-0.1, -0.05) is 6.92 Å². The van der Waals surface area contributed by atoms with E-state index in [-0.39, 0.29) is 0 Å². The third kappa shape index (κ3) is 3.15. The summed E-state index contributed by atoms with van der Waals surface area (Å²) >= 11 is 2.11. The van der Waals surface area contributed by atoms with Crippen LogP contribution in [-0.4, -0.2) is 31.6 Å². The van der Waals surface area contributed by atoms with Crippen LogP contribution in [0.5, 0.6) is 0 Å². The minimum Gasteiger partial charge on any atom is -0.307 e. The highest BCUT2D eigenvalue weighted by molar-refractivity contribution is 7.99. The van der Waals surface area contributed by atoms with Crippen LogP contribution < -0.4 is 5.32 Å². The summed E-state index contributed by atoms with van der Waals surface area (Å²) in [5, 5.41) is 9.19. The van der Waals surface area contributed by atoms with Gasteiger partial charge in [0.1, 0.15) is 0 Å². The summed E-state index contributed by atoms with van der Waals surface area (Å²) in [6, 6.07) is 2.98. The van der Waals surface area contributed by atoms with Gasteiger partial charge in [-0.3, -0.25) is 0 Å². The van der Waals surface area contributed by atoms with Crippen molar-refractivity contribution < 1.29 is 0 Å². The van der Waals surface area contributed by atoms with E-state index in [1.807, 2.05) is 23.7 Å². The van der Waals surface area contributed by atoms with Crippen molar-refractivity contribution in [1.29, 1.82) is 0 Å². The molecule has 5 heteroatoms. The van der Waals surface area contributed by atoms with E-state index in [4.69, 9.17) is 0 Å². The zero-order chi connectivity index (χ0) is 15.7. The van der Waals surface area contributed by atoms with Gasteiger partial charge >= 0.3 is 0 Å². The Hall–Kier alpha value is -1.07. The van der Waals surface area contributed by atoms with E-state index in [1.54, 1.807) is 0 Å². The molecule has 1 fully saturated rings. The number of aromatic nitrogens is 3. The van der Waals surface area contributed by atoms with Crippen LogP contribution in [-0.2, 0) is 0 Å². The van der Waals surface area contributed by atoms with Gasteiger partial charge in [-0.15, -0.1) is 0 Å². The number of hydrogen-bond acceptors (Lipinski definition) is 4. The Morgan fingerprint density at radius 1 is 1.41 bits per heavy atom. The molecule has 22 heavy (non-hydrogen) atoms. The molecule has 3 rings (SSSR count). The first kappa shape index (κ1) is 15.8. The second-order valence-electron chi connectivity index (χ2n) is 6.33. The molecule has 0 saturated heterocycles. The van der Waals surface area contributed by atoms with Crippen molar-refractivity contribution >= 4 is 17.4 Å². The van der Waals surface area contributed by atoms with Gasteiger partial charge in [0.25, 0.3) is 0 Å². The average Bonchev–Trinajstić information content (AvgIpc) is 3.06. The minimum atomic E-state index is 0.316. The maximum atomic E-state index is 4.56. The maximum Gasteiger partial charge on any atom is 0.155 e. The zero-order valence-corrected chi connectivity index (χ0v) is 14.8. The predicted octanol–water partition coefficient (Wildman–Crippen LogP) is 3.67. The van der Waals surface area contributed by atoms with Crippen molar-refractivity contribution in [1.82, 2.24) is 19.9 Å². The van der Waals surface area contributed by atoms with Crippen LogP contribution in [0.15, 0.2) is 12.3 Å². The largest absolute Gasteiger partial charge is 0.307 e. The summed E-state index contributed by atoms with van der Waals surface area (Å²) < 4.78 is 1.97. The molecule has 2 heterocycles. The quantitative estimate of drug-likeness (QED) is 0.913. The second kappa shape index (κ2) is 6.59. The molecule has 1 aliphatic rings. The lowest BCUT2D eigenvalue weighted by Gasteiger charge is -2.21. The van der Waals surface area contributed by atoms with E-state index < -0.39 is 0 Å². The smallest absolute Gasteiger partial charge is 0.155 e. The maximum absolute atomic E-state index is 4.56. The fourth-order valence-corrected chi connectivity index (χ4v) is 4.67. The zero-order valence-electron chi connectivity index (χ0n) is 14.0. The van der Waals surface area contributed by atoms with Gasteiger partial charge in [0.05, 0.1) is 5.69 Å². The summed E-state index contributed by atoms with van der Waals surface area (Å²) in [7, 11) is 0. The topological polar surface area (TPSA) is 42.2 Å². The molecule has 0 unspecified atom stereocenters. The molecule has 1 N–H and O–H groups in total. The molecular weight excluding hydrogens is 292 g/mol. The molecule has 0 aliphatic heterocycles. The fourth-order valence-electron chi connectivity index (χ4n) is 3.52. The number of rotatable bonds is 5. The van der Waals surface area contributed by atoms with Crippen LogP contribution in [0, 0.1) is 13.8 Å². The molecule has 0 amide bonds. The Kier molecular flexibility index (Phi) is 4.73. The highest BCUT2D eigenvalue weighted by Gasteiger charge is 2.26. The number of nitrogens with zero attached hydrogens (tertiary/aromatic N) is 3. The first-order valence-electron chi connectivity index (χ1n) is 8.28. The first-order valence-corrected chi connectivity index (χ1v) is 9.33. The molecule has 1 aliphatic carbocycles. The van der Waals surface area contributed by atoms with Crippen molar-refractivity contribution in [3.05, 3.63) is 29.2 Å². The van der Waals surface area contributed by atoms with Crippen molar-refractivity contribution in [2.45, 2.75) is 64.3 Å². The third-order valence-electron chi connectivity index (χ3n) is 4.62. The molecule has 0 aromatic carbocycles. The lowest BCUT2D eigenvalue weighted by atomic mass is 10.1. The molecule has 3 atom stereocenters. The fraction of sp³-hybridized carbons (Fsp3) is 0.647. The Labute approximate surface area is 137 Å². The summed E-state index contributed by atoms with van der Waals surface area (Å²) in [5.41, 5.74) is 4.40. The Morgan fingerprint density at radius 3 is 3.00 bits per heavy atom. The van der Waals surface area contributed by atoms with E-state index in [9.17, 15) is 0 Å². The molecule has 120 valence electrons. The van der Waals surface area contributed by atoms with Gasteiger partial charge in [-0.25, -0.2) is 9.50 Å². The molecular formula is C17H26N4S. The number of hydrogen-bond donors (Lipinski definition) is 1. The van der Waals surface area contributed by atoms with Crippen LogP contribution in [0.4, 0.5) is 0 Å². The van der Waals surface area contributed by atoms with Gasteiger partial charge in [0, 0.05) is 40.9 Å². The van der Waals surface area contributed by atoms with Crippen LogP contribution in [0.3, 0.4) is 0 Å². The van der Waals surface area contributed by atoms with Crippen LogP contribution >= 0.6 is 11.8 Å². The summed E-state index contributed by atoms with van der Waals surface area (Å²) in [5.74, 6) is 1.23. The van der Waals surface area contributed by atoms with Crippen molar-refractivity contribution in [2.24, 2.45) is 0 Å². The van der Waals surface area contributed by atoms with Crippen molar-refractivity contribution in [3.8, 4) is 0 Å². The Bertz CT molecular complexity index is 651. The van der Waals surface area contributed by atoms with Crippen LogP contribution in [0.25, 0.3) is 5.65 Å². The lowest BCUT2D eigenvalue weighted by molar-refractivity contribution is 0.458. The van der Waals surface area contributed by atoms with Crippen molar-refractivity contribution in [3.63, 3.8) is 0 Å². The van der Waals surface area contributed by atoms with E-state index >= 15 is 0 Å². The molecule has 0 spiro atoms. The van der Waals surface area contributed by atoms with Crippen LogP contribution in [0.2, 0.25) is 0 Å². The highest BCUT2D eigenvalue weighted by atomic mass is 32.2. The summed E-state index contributed by atoms with van der Waals surface area (Å²) in [6.07, 6.45) is 5.93.